The van der Waals surface area contributed by atoms with E-state index in [-0.39, 0.29) is 17.1 Å². The van der Waals surface area contributed by atoms with Crippen molar-refractivity contribution in [2.75, 3.05) is 4.90 Å². The minimum atomic E-state index is -1.01. The van der Waals surface area contributed by atoms with Gasteiger partial charge in [-0.25, -0.2) is 4.79 Å². The topological polar surface area (TPSA) is 74.7 Å². The van der Waals surface area contributed by atoms with E-state index in [1.165, 1.54) is 12.1 Å². The first kappa shape index (κ1) is 20.0. The van der Waals surface area contributed by atoms with E-state index >= 15 is 0 Å². The molecule has 31 heavy (non-hydrogen) atoms. The number of Topliss-reactive ketones (excluding diaryl/α,β-unsaturated/α-hetero) is 2. The number of ketones is 2. The van der Waals surface area contributed by atoms with Crippen LogP contribution < -0.4 is 4.90 Å². The van der Waals surface area contributed by atoms with Gasteiger partial charge in [0.1, 0.15) is 0 Å². The van der Waals surface area contributed by atoms with Crippen LogP contribution in [0, 0.1) is 0 Å². The van der Waals surface area contributed by atoms with Crippen LogP contribution in [-0.2, 0) is 9.59 Å². The molecule has 2 aromatic rings. The lowest BCUT2D eigenvalue weighted by Crippen LogP contribution is -2.30. The van der Waals surface area contributed by atoms with Gasteiger partial charge in [0.05, 0.1) is 5.56 Å². The number of hydrogen-bond acceptors (Lipinski definition) is 4. The van der Waals surface area contributed by atoms with Gasteiger partial charge in [-0.3, -0.25) is 9.59 Å². The van der Waals surface area contributed by atoms with Gasteiger partial charge in [0, 0.05) is 57.0 Å². The van der Waals surface area contributed by atoms with E-state index < -0.39 is 11.9 Å². The molecule has 0 fully saturated rings. The molecule has 1 heterocycles. The van der Waals surface area contributed by atoms with E-state index in [4.69, 9.17) is 23.2 Å². The van der Waals surface area contributed by atoms with Gasteiger partial charge in [-0.2, -0.15) is 0 Å². The van der Waals surface area contributed by atoms with Gasteiger partial charge in [-0.05, 0) is 54.8 Å². The van der Waals surface area contributed by atoms with Gasteiger partial charge in [0.2, 0.25) is 0 Å². The maximum absolute atomic E-state index is 13.0. The highest BCUT2D eigenvalue weighted by atomic mass is 35.5. The van der Waals surface area contributed by atoms with Gasteiger partial charge in [0.15, 0.2) is 11.6 Å². The molecule has 0 atom stereocenters. The summed E-state index contributed by atoms with van der Waals surface area (Å²) in [5, 5.41) is 10.1. The number of hydrogen-bond donors (Lipinski definition) is 1. The van der Waals surface area contributed by atoms with E-state index in [1.807, 2.05) is 4.90 Å². The zero-order chi connectivity index (χ0) is 21.9. The molecule has 0 bridgehead atoms. The van der Waals surface area contributed by atoms with Crippen molar-refractivity contribution < 1.29 is 19.5 Å². The highest BCUT2D eigenvalue weighted by molar-refractivity contribution is 6.35. The lowest BCUT2D eigenvalue weighted by Gasteiger charge is -2.36. The normalized spacial score (nSPS) is 18.7. The van der Waals surface area contributed by atoms with Gasteiger partial charge in [-0.15, -0.1) is 0 Å². The fourth-order valence-electron chi connectivity index (χ4n) is 4.86. The Morgan fingerprint density at radius 3 is 1.97 bits per heavy atom. The molecule has 5 rings (SSSR count). The Morgan fingerprint density at radius 1 is 0.871 bits per heavy atom. The van der Waals surface area contributed by atoms with Crippen molar-refractivity contribution in [2.24, 2.45) is 0 Å². The number of benzene rings is 2. The lowest BCUT2D eigenvalue weighted by molar-refractivity contribution is -0.115. The van der Waals surface area contributed by atoms with Gasteiger partial charge in [-0.1, -0.05) is 29.3 Å². The van der Waals surface area contributed by atoms with Crippen LogP contribution >= 0.6 is 23.2 Å². The van der Waals surface area contributed by atoms with Crippen LogP contribution in [-0.4, -0.2) is 22.6 Å². The zero-order valence-corrected chi connectivity index (χ0v) is 17.8. The number of carbonyl (C=O) groups is 3. The van der Waals surface area contributed by atoms with Crippen LogP contribution in [0.1, 0.15) is 47.5 Å². The molecule has 3 aliphatic rings. The predicted octanol–water partition coefficient (Wildman–Crippen LogP) is 5.53. The molecule has 2 aromatic carbocycles. The fraction of sp³-hybridized carbons (Fsp3) is 0.208. The van der Waals surface area contributed by atoms with Crippen LogP contribution in [0.15, 0.2) is 65.0 Å². The molecule has 0 saturated heterocycles. The van der Waals surface area contributed by atoms with Gasteiger partial charge >= 0.3 is 5.97 Å². The molecule has 0 amide bonds. The second-order valence-electron chi connectivity index (χ2n) is 7.85. The van der Waals surface area contributed by atoms with Crippen molar-refractivity contribution in [1.29, 1.82) is 0 Å². The first-order chi connectivity index (χ1) is 14.9. The number of halogens is 2. The number of carbonyl (C=O) groups excluding carboxylic acids is 2. The summed E-state index contributed by atoms with van der Waals surface area (Å²) in [6.07, 6.45) is 1.85. The van der Waals surface area contributed by atoms with Crippen molar-refractivity contribution >= 4 is 46.4 Å². The molecule has 7 heteroatoms. The lowest BCUT2D eigenvalue weighted by atomic mass is 9.79. The van der Waals surface area contributed by atoms with Crippen molar-refractivity contribution in [3.8, 4) is 0 Å². The molecule has 156 valence electrons. The summed E-state index contributed by atoms with van der Waals surface area (Å²) < 4.78 is 0. The Bertz CT molecular complexity index is 1180. The first-order valence-corrected chi connectivity index (χ1v) is 10.7. The SMILES string of the molecule is O=C1CCC2=C1C(c1ccc(Cl)cc1Cl)C1=C(CCC1=O)N2c1ccc(C(=O)O)cc1. The van der Waals surface area contributed by atoms with Crippen LogP contribution in [0.25, 0.3) is 0 Å². The second-order valence-corrected chi connectivity index (χ2v) is 8.70. The summed E-state index contributed by atoms with van der Waals surface area (Å²) in [4.78, 5) is 39.3. The Kier molecular flexibility index (Phi) is 4.76. The molecule has 2 aliphatic carbocycles. The van der Waals surface area contributed by atoms with Crippen molar-refractivity contribution in [3.63, 3.8) is 0 Å². The number of carboxylic acid groups (broad SMARTS) is 1. The first-order valence-electron chi connectivity index (χ1n) is 9.97. The zero-order valence-electron chi connectivity index (χ0n) is 16.3. The van der Waals surface area contributed by atoms with Crippen molar-refractivity contribution in [2.45, 2.75) is 31.6 Å². The molecule has 0 saturated carbocycles. The van der Waals surface area contributed by atoms with Crippen LogP contribution in [0.3, 0.4) is 0 Å². The van der Waals surface area contributed by atoms with Crippen LogP contribution in [0.2, 0.25) is 10.0 Å². The third-order valence-electron chi connectivity index (χ3n) is 6.16. The van der Waals surface area contributed by atoms with Gasteiger partial charge < -0.3 is 10.0 Å². The summed E-state index contributed by atoms with van der Waals surface area (Å²) in [5.41, 5.74) is 4.55. The smallest absolute Gasteiger partial charge is 0.335 e. The van der Waals surface area contributed by atoms with E-state index in [0.717, 1.165) is 17.1 Å². The highest BCUT2D eigenvalue weighted by Gasteiger charge is 2.46. The maximum Gasteiger partial charge on any atom is 0.335 e. The Morgan fingerprint density at radius 2 is 1.45 bits per heavy atom. The minimum Gasteiger partial charge on any atom is -0.478 e. The number of carboxylic acids is 1. The summed E-state index contributed by atoms with van der Waals surface area (Å²) in [5.74, 6) is -1.50. The fourth-order valence-corrected chi connectivity index (χ4v) is 5.38. The summed E-state index contributed by atoms with van der Waals surface area (Å²) >= 11 is 12.6. The largest absolute Gasteiger partial charge is 0.478 e. The monoisotopic (exact) mass is 453 g/mol. The van der Waals surface area contributed by atoms with Crippen LogP contribution in [0.5, 0.6) is 0 Å². The molecule has 1 aliphatic heterocycles. The number of aromatic carboxylic acids is 1. The molecule has 0 aromatic heterocycles. The molecular weight excluding hydrogens is 437 g/mol. The predicted molar refractivity (Wildman–Crippen MR) is 118 cm³/mol. The summed E-state index contributed by atoms with van der Waals surface area (Å²) in [7, 11) is 0. The molecule has 5 nitrogen and oxygen atoms in total. The molecule has 0 spiro atoms. The molecule has 1 N–H and O–H groups in total. The Labute approximate surface area is 188 Å². The van der Waals surface area contributed by atoms with E-state index in [2.05, 4.69) is 0 Å². The Balaban J connectivity index is 1.72. The van der Waals surface area contributed by atoms with E-state index in [1.54, 1.807) is 30.3 Å². The molecular formula is C24H17Cl2NO4. The summed E-state index contributed by atoms with van der Waals surface area (Å²) in [6, 6.07) is 11.7. The minimum absolute atomic E-state index is 0.00410. The van der Waals surface area contributed by atoms with E-state index in [9.17, 15) is 19.5 Å². The number of anilines is 1. The number of allylic oxidation sites excluding steroid dienone is 4. The third kappa shape index (κ3) is 3.11. The average molecular weight is 454 g/mol. The molecule has 0 unspecified atom stereocenters. The Hall–Kier alpha value is -2.89. The number of nitrogens with zero attached hydrogens (tertiary/aromatic N) is 1. The second kappa shape index (κ2) is 7.36. The summed E-state index contributed by atoms with van der Waals surface area (Å²) in [6.45, 7) is 0. The van der Waals surface area contributed by atoms with Crippen LogP contribution in [0.4, 0.5) is 5.69 Å². The quantitative estimate of drug-likeness (QED) is 0.660. The number of rotatable bonds is 3. The maximum atomic E-state index is 13.0. The standard InChI is InChI=1S/C24H17Cl2NO4/c25-13-3-6-15(16(26)11-13)21-22-17(7-9-19(22)28)27(18-8-10-20(29)23(18)21)14-4-1-12(2-5-14)24(30)31/h1-6,11,21H,7-10H2,(H,30,31). The molecule has 0 radical (unpaired) electrons. The third-order valence-corrected chi connectivity index (χ3v) is 6.73. The highest BCUT2D eigenvalue weighted by Crippen LogP contribution is 2.53. The van der Waals surface area contributed by atoms with Crippen molar-refractivity contribution in [3.05, 3.63) is 86.2 Å². The van der Waals surface area contributed by atoms with Crippen molar-refractivity contribution in [1.82, 2.24) is 0 Å². The average Bonchev–Trinajstić information content (AvgIpc) is 3.31. The van der Waals surface area contributed by atoms with E-state index in [0.29, 0.717) is 52.4 Å². The van der Waals surface area contributed by atoms with Gasteiger partial charge in [0.25, 0.3) is 0 Å².